The maximum Gasteiger partial charge on any atom is 0.246 e. The monoisotopic (exact) mass is 447 g/mol. The quantitative estimate of drug-likeness (QED) is 0.682. The Hall–Kier alpha value is -2.61. The SMILES string of the molecule is CC[C@H](C(=O)N1CCN(c2ccc(F)cc2)CC1)N(c1cc(C)ccc1C)S(C)(=O)=O. The third kappa shape index (κ3) is 5.18. The zero-order valence-corrected chi connectivity index (χ0v) is 19.3. The molecule has 1 saturated heterocycles. The minimum absolute atomic E-state index is 0.187. The first kappa shape index (κ1) is 23.1. The van der Waals surface area contributed by atoms with Gasteiger partial charge >= 0.3 is 0 Å². The van der Waals surface area contributed by atoms with Gasteiger partial charge in [-0.15, -0.1) is 0 Å². The fourth-order valence-electron chi connectivity index (χ4n) is 4.02. The van der Waals surface area contributed by atoms with Gasteiger partial charge in [-0.25, -0.2) is 12.8 Å². The molecule has 1 heterocycles. The van der Waals surface area contributed by atoms with E-state index in [0.717, 1.165) is 23.1 Å². The number of sulfonamides is 1. The molecule has 2 aromatic carbocycles. The van der Waals surface area contributed by atoms with Crippen LogP contribution in [0.1, 0.15) is 24.5 Å². The number of nitrogens with zero attached hydrogens (tertiary/aromatic N) is 3. The summed E-state index contributed by atoms with van der Waals surface area (Å²) in [5, 5.41) is 0. The third-order valence-corrected chi connectivity index (χ3v) is 6.86. The van der Waals surface area contributed by atoms with Crippen molar-refractivity contribution in [3.8, 4) is 0 Å². The van der Waals surface area contributed by atoms with Crippen molar-refractivity contribution in [3.05, 3.63) is 59.4 Å². The van der Waals surface area contributed by atoms with Gasteiger partial charge < -0.3 is 9.80 Å². The van der Waals surface area contributed by atoms with Crippen LogP contribution < -0.4 is 9.21 Å². The summed E-state index contributed by atoms with van der Waals surface area (Å²) in [4.78, 5) is 17.3. The van der Waals surface area contributed by atoms with Gasteiger partial charge in [0, 0.05) is 31.9 Å². The molecule has 2 aromatic rings. The first-order valence-electron chi connectivity index (χ1n) is 10.5. The normalized spacial score (nSPS) is 15.6. The number of amides is 1. The standard InChI is InChI=1S/C23H30FN3O3S/c1-5-21(27(31(4,29)30)22-16-17(2)6-7-18(22)3)23(28)26-14-12-25(13-15-26)20-10-8-19(24)9-11-20/h6-11,16,21H,5,12-15H2,1-4H3/t21-/m1/s1. The molecule has 0 aliphatic carbocycles. The van der Waals surface area contributed by atoms with Gasteiger partial charge in [-0.1, -0.05) is 19.1 Å². The van der Waals surface area contributed by atoms with Crippen molar-refractivity contribution >= 4 is 27.3 Å². The average molecular weight is 448 g/mol. The molecule has 1 atom stereocenters. The predicted molar refractivity (Wildman–Crippen MR) is 123 cm³/mol. The van der Waals surface area contributed by atoms with Gasteiger partial charge in [0.05, 0.1) is 11.9 Å². The lowest BCUT2D eigenvalue weighted by Gasteiger charge is -2.40. The van der Waals surface area contributed by atoms with Crippen molar-refractivity contribution in [2.24, 2.45) is 0 Å². The molecule has 1 aliphatic heterocycles. The smallest absolute Gasteiger partial charge is 0.246 e. The van der Waals surface area contributed by atoms with E-state index in [1.54, 1.807) is 17.0 Å². The molecule has 0 aromatic heterocycles. The number of aryl methyl sites for hydroxylation is 2. The van der Waals surface area contributed by atoms with Crippen LogP contribution in [-0.4, -0.2) is 57.7 Å². The largest absolute Gasteiger partial charge is 0.368 e. The summed E-state index contributed by atoms with van der Waals surface area (Å²) in [5.41, 5.74) is 3.20. The molecule has 1 aliphatic rings. The van der Waals surface area contributed by atoms with E-state index in [-0.39, 0.29) is 11.7 Å². The van der Waals surface area contributed by atoms with Crippen molar-refractivity contribution in [2.45, 2.75) is 33.2 Å². The lowest BCUT2D eigenvalue weighted by Crippen LogP contribution is -2.56. The molecule has 1 fully saturated rings. The summed E-state index contributed by atoms with van der Waals surface area (Å²) in [7, 11) is -3.67. The molecular weight excluding hydrogens is 417 g/mol. The number of hydrogen-bond acceptors (Lipinski definition) is 4. The first-order valence-corrected chi connectivity index (χ1v) is 12.3. The molecule has 8 heteroatoms. The Morgan fingerprint density at radius 1 is 1.06 bits per heavy atom. The number of hydrogen-bond donors (Lipinski definition) is 0. The van der Waals surface area contributed by atoms with E-state index in [2.05, 4.69) is 4.90 Å². The molecule has 0 bridgehead atoms. The lowest BCUT2D eigenvalue weighted by molar-refractivity contribution is -0.132. The second-order valence-electron chi connectivity index (χ2n) is 8.06. The molecule has 168 valence electrons. The molecule has 0 unspecified atom stereocenters. The Balaban J connectivity index is 1.81. The van der Waals surface area contributed by atoms with Gasteiger partial charge in [0.1, 0.15) is 11.9 Å². The van der Waals surface area contributed by atoms with Crippen LogP contribution in [0.2, 0.25) is 0 Å². The van der Waals surface area contributed by atoms with Gasteiger partial charge in [0.15, 0.2) is 0 Å². The van der Waals surface area contributed by atoms with Crippen LogP contribution in [0.4, 0.5) is 15.8 Å². The van der Waals surface area contributed by atoms with E-state index in [1.165, 1.54) is 16.4 Å². The lowest BCUT2D eigenvalue weighted by atomic mass is 10.1. The van der Waals surface area contributed by atoms with Crippen LogP contribution in [0.25, 0.3) is 0 Å². The van der Waals surface area contributed by atoms with Crippen LogP contribution in [0.3, 0.4) is 0 Å². The maximum absolute atomic E-state index is 13.4. The second-order valence-corrected chi connectivity index (χ2v) is 9.92. The number of benzene rings is 2. The van der Waals surface area contributed by atoms with E-state index in [0.29, 0.717) is 38.3 Å². The highest BCUT2D eigenvalue weighted by atomic mass is 32.2. The first-order chi connectivity index (χ1) is 14.6. The summed E-state index contributed by atoms with van der Waals surface area (Å²) in [6, 6.07) is 11.1. The van der Waals surface area contributed by atoms with Crippen molar-refractivity contribution in [1.29, 1.82) is 0 Å². The Morgan fingerprint density at radius 2 is 1.68 bits per heavy atom. The number of carbonyl (C=O) groups is 1. The number of anilines is 2. The highest BCUT2D eigenvalue weighted by Gasteiger charge is 2.36. The van der Waals surface area contributed by atoms with Gasteiger partial charge in [-0.2, -0.15) is 0 Å². The molecule has 3 rings (SSSR count). The summed E-state index contributed by atoms with van der Waals surface area (Å²) >= 11 is 0. The Kier molecular flexibility index (Phi) is 6.89. The molecule has 31 heavy (non-hydrogen) atoms. The number of piperazine rings is 1. The topological polar surface area (TPSA) is 60.9 Å². The molecular formula is C23H30FN3O3S. The fourth-order valence-corrected chi connectivity index (χ4v) is 5.28. The van der Waals surface area contributed by atoms with Crippen LogP contribution in [0.5, 0.6) is 0 Å². The fraction of sp³-hybridized carbons (Fsp3) is 0.435. The van der Waals surface area contributed by atoms with E-state index >= 15 is 0 Å². The number of rotatable bonds is 6. The summed E-state index contributed by atoms with van der Waals surface area (Å²) in [6.45, 7) is 7.77. The van der Waals surface area contributed by atoms with Crippen molar-refractivity contribution in [2.75, 3.05) is 41.6 Å². The average Bonchev–Trinajstić information content (AvgIpc) is 2.73. The van der Waals surface area contributed by atoms with Crippen molar-refractivity contribution in [3.63, 3.8) is 0 Å². The van der Waals surface area contributed by atoms with E-state index in [4.69, 9.17) is 0 Å². The predicted octanol–water partition coefficient (Wildman–Crippen LogP) is 3.34. The van der Waals surface area contributed by atoms with Gasteiger partial charge in [-0.3, -0.25) is 9.10 Å². The van der Waals surface area contributed by atoms with Gasteiger partial charge in [-0.05, 0) is 61.7 Å². The molecule has 6 nitrogen and oxygen atoms in total. The van der Waals surface area contributed by atoms with Gasteiger partial charge in [0.25, 0.3) is 0 Å². The molecule has 0 radical (unpaired) electrons. The minimum atomic E-state index is -3.67. The minimum Gasteiger partial charge on any atom is -0.368 e. The van der Waals surface area contributed by atoms with Crippen LogP contribution in [0.15, 0.2) is 42.5 Å². The van der Waals surface area contributed by atoms with E-state index in [9.17, 15) is 17.6 Å². The number of carbonyl (C=O) groups excluding carboxylic acids is 1. The van der Waals surface area contributed by atoms with Crippen LogP contribution >= 0.6 is 0 Å². The molecule has 0 N–H and O–H groups in total. The highest BCUT2D eigenvalue weighted by Crippen LogP contribution is 2.28. The van der Waals surface area contributed by atoms with Crippen LogP contribution in [-0.2, 0) is 14.8 Å². The van der Waals surface area contributed by atoms with Crippen molar-refractivity contribution < 1.29 is 17.6 Å². The zero-order chi connectivity index (χ0) is 22.8. The molecule has 0 spiro atoms. The summed E-state index contributed by atoms with van der Waals surface area (Å²) < 4.78 is 40.0. The van der Waals surface area contributed by atoms with E-state index < -0.39 is 16.1 Å². The summed E-state index contributed by atoms with van der Waals surface area (Å²) in [5.74, 6) is -0.469. The Bertz CT molecular complexity index is 1030. The summed E-state index contributed by atoms with van der Waals surface area (Å²) in [6.07, 6.45) is 1.52. The van der Waals surface area contributed by atoms with Crippen LogP contribution in [0, 0.1) is 19.7 Å². The van der Waals surface area contributed by atoms with E-state index in [1.807, 2.05) is 39.0 Å². The Morgan fingerprint density at radius 3 is 2.23 bits per heavy atom. The van der Waals surface area contributed by atoms with Crippen molar-refractivity contribution in [1.82, 2.24) is 4.90 Å². The maximum atomic E-state index is 13.4. The second kappa shape index (κ2) is 9.26. The molecule has 1 amide bonds. The zero-order valence-electron chi connectivity index (χ0n) is 18.5. The number of halogens is 1. The molecule has 0 saturated carbocycles. The van der Waals surface area contributed by atoms with Gasteiger partial charge in [0.2, 0.25) is 15.9 Å². The third-order valence-electron chi connectivity index (χ3n) is 5.70. The highest BCUT2D eigenvalue weighted by molar-refractivity contribution is 7.92. The Labute approximate surface area is 184 Å².